The van der Waals surface area contributed by atoms with Gasteiger partial charge in [0, 0.05) is 6.07 Å². The van der Waals surface area contributed by atoms with E-state index in [-0.39, 0.29) is 0 Å². The van der Waals surface area contributed by atoms with Crippen molar-refractivity contribution in [2.75, 3.05) is 38.1 Å². The molecule has 0 amide bonds. The van der Waals surface area contributed by atoms with Crippen LogP contribution in [-0.4, -0.2) is 33.2 Å². The number of quaternary nitrogens is 1. The normalized spacial score (nSPS) is 23.0. The Bertz CT molecular complexity index is 338. The zero-order valence-corrected chi connectivity index (χ0v) is 8.03. The van der Waals surface area contributed by atoms with Crippen LogP contribution in [0.25, 0.3) is 0 Å². The molecule has 0 aliphatic carbocycles. The molecule has 2 nitrogen and oxygen atoms in total. The quantitative estimate of drug-likeness (QED) is 0.540. The maximum Gasteiger partial charge on any atom is 0.156 e. The van der Waals surface area contributed by atoms with Gasteiger partial charge in [-0.3, -0.25) is 4.48 Å². The van der Waals surface area contributed by atoms with E-state index in [9.17, 15) is 0 Å². The van der Waals surface area contributed by atoms with Crippen LogP contribution in [0.3, 0.4) is 0 Å². The van der Waals surface area contributed by atoms with E-state index >= 15 is 0 Å². The molecule has 0 N–H and O–H groups in total. The van der Waals surface area contributed by atoms with Gasteiger partial charge in [0.2, 0.25) is 0 Å². The largest absolute Gasteiger partial charge is 0.355 e. The van der Waals surface area contributed by atoms with E-state index in [1.807, 2.05) is 0 Å². The fraction of sp³-hybridized carbons (Fsp3) is 0.455. The second kappa shape index (κ2) is 2.26. The smallest absolute Gasteiger partial charge is 0.156 e. The van der Waals surface area contributed by atoms with Gasteiger partial charge >= 0.3 is 0 Å². The zero-order chi connectivity index (χ0) is 8.89. The summed E-state index contributed by atoms with van der Waals surface area (Å²) in [7, 11) is 2.36. The average Bonchev–Trinajstić information content (AvgIpc) is 2.19. The van der Waals surface area contributed by atoms with Crippen LogP contribution in [0.5, 0.6) is 0 Å². The van der Waals surface area contributed by atoms with Crippen LogP contribution >= 0.6 is 0 Å². The highest BCUT2D eigenvalue weighted by Gasteiger charge is 2.39. The van der Waals surface area contributed by atoms with Gasteiger partial charge in [-0.2, -0.15) is 0 Å². The van der Waals surface area contributed by atoms with Crippen LogP contribution in [0.2, 0.25) is 0 Å². The van der Waals surface area contributed by atoms with Gasteiger partial charge in [-0.15, -0.1) is 0 Å². The van der Waals surface area contributed by atoms with E-state index in [0.717, 1.165) is 4.48 Å². The second-order valence-electron chi connectivity index (χ2n) is 4.32. The fourth-order valence-electron chi connectivity index (χ4n) is 2.58. The minimum atomic E-state index is 1.15. The Morgan fingerprint density at radius 2 is 1.85 bits per heavy atom. The van der Waals surface area contributed by atoms with Gasteiger partial charge in [0.25, 0.3) is 0 Å². The van der Waals surface area contributed by atoms with E-state index in [1.165, 1.54) is 37.6 Å². The summed E-state index contributed by atoms with van der Waals surface area (Å²) in [5, 5.41) is 0. The average molecular weight is 175 g/mol. The fourth-order valence-corrected chi connectivity index (χ4v) is 2.58. The molecule has 0 radical (unpaired) electrons. The third-order valence-corrected chi connectivity index (χ3v) is 3.53. The van der Waals surface area contributed by atoms with Crippen molar-refractivity contribution in [1.29, 1.82) is 0 Å². The molecule has 1 aromatic rings. The molecule has 0 spiro atoms. The molecule has 0 atom stereocenters. The van der Waals surface area contributed by atoms with Gasteiger partial charge in [-0.25, -0.2) is 0 Å². The number of fused-ring (bicyclic) bond motifs is 2. The lowest BCUT2D eigenvalue weighted by Gasteiger charge is -2.49. The molecule has 0 saturated carbocycles. The van der Waals surface area contributed by atoms with E-state index in [2.05, 4.69) is 36.2 Å². The molecule has 13 heavy (non-hydrogen) atoms. The summed E-state index contributed by atoms with van der Waals surface area (Å²) < 4.78 is 1.15. The van der Waals surface area contributed by atoms with Gasteiger partial charge in [0.05, 0.1) is 25.8 Å². The van der Waals surface area contributed by atoms with Gasteiger partial charge in [-0.05, 0) is 6.07 Å². The highest BCUT2D eigenvalue weighted by atomic mass is 15.4. The van der Waals surface area contributed by atoms with E-state index in [1.54, 1.807) is 0 Å². The first-order valence-corrected chi connectivity index (χ1v) is 4.99. The standard InChI is InChI=1S/C11H15N2/c1-13-8-6-12(7-9-13)10-4-2-3-5-11(10)13/h2-5H,6-9H2,1H3/q+1. The summed E-state index contributed by atoms with van der Waals surface area (Å²) in [4.78, 5) is 2.51. The molecule has 2 bridgehead atoms. The van der Waals surface area contributed by atoms with Crippen LogP contribution in [0.15, 0.2) is 24.3 Å². The summed E-state index contributed by atoms with van der Waals surface area (Å²) >= 11 is 0. The number of piperazine rings is 1. The zero-order valence-electron chi connectivity index (χ0n) is 8.03. The molecule has 2 heteroatoms. The Labute approximate surface area is 79.0 Å². The topological polar surface area (TPSA) is 3.24 Å². The van der Waals surface area contributed by atoms with Crippen LogP contribution in [-0.2, 0) is 0 Å². The molecule has 3 heterocycles. The molecule has 1 aromatic carbocycles. The van der Waals surface area contributed by atoms with Crippen LogP contribution in [0, 0.1) is 0 Å². The Morgan fingerprint density at radius 3 is 2.54 bits per heavy atom. The van der Waals surface area contributed by atoms with Crippen molar-refractivity contribution < 1.29 is 0 Å². The van der Waals surface area contributed by atoms with Gasteiger partial charge in [-0.1, -0.05) is 12.1 Å². The number of hydrogen-bond donors (Lipinski definition) is 0. The highest BCUT2D eigenvalue weighted by molar-refractivity contribution is 5.72. The van der Waals surface area contributed by atoms with Crippen molar-refractivity contribution >= 4 is 11.4 Å². The van der Waals surface area contributed by atoms with Gasteiger partial charge in [0.1, 0.15) is 13.1 Å². The molecule has 0 unspecified atom stereocenters. The highest BCUT2D eigenvalue weighted by Crippen LogP contribution is 2.39. The Hall–Kier alpha value is -1.02. The summed E-state index contributed by atoms with van der Waals surface area (Å²) in [5.41, 5.74) is 2.97. The number of benzene rings is 1. The lowest BCUT2D eigenvalue weighted by atomic mass is 10.1. The van der Waals surface area contributed by atoms with Crippen LogP contribution in [0.4, 0.5) is 11.4 Å². The van der Waals surface area contributed by atoms with E-state index in [0.29, 0.717) is 0 Å². The number of rotatable bonds is 0. The summed E-state index contributed by atoms with van der Waals surface area (Å²) in [6.07, 6.45) is 0. The lowest BCUT2D eigenvalue weighted by molar-refractivity contribution is 0.290. The number of para-hydroxylation sites is 2. The molecule has 3 aliphatic heterocycles. The Kier molecular flexibility index (Phi) is 1.29. The Balaban J connectivity index is 2.24. The molecule has 0 aromatic heterocycles. The van der Waals surface area contributed by atoms with Gasteiger partial charge < -0.3 is 4.90 Å². The molecule has 68 valence electrons. The SMILES string of the molecule is C[N+]12CCN(CC1)c1ccccc12. The monoisotopic (exact) mass is 175 g/mol. The third kappa shape index (κ3) is 0.866. The van der Waals surface area contributed by atoms with Crippen molar-refractivity contribution in [2.24, 2.45) is 0 Å². The van der Waals surface area contributed by atoms with Crippen LogP contribution < -0.4 is 9.38 Å². The van der Waals surface area contributed by atoms with Crippen molar-refractivity contribution in [3.05, 3.63) is 24.3 Å². The first kappa shape index (κ1) is 7.39. The summed E-state index contributed by atoms with van der Waals surface area (Å²) in [5.74, 6) is 0. The maximum absolute atomic E-state index is 2.51. The first-order chi connectivity index (χ1) is 6.30. The predicted molar refractivity (Wildman–Crippen MR) is 56.1 cm³/mol. The Morgan fingerprint density at radius 1 is 1.15 bits per heavy atom. The minimum Gasteiger partial charge on any atom is -0.355 e. The molecular weight excluding hydrogens is 160 g/mol. The molecule has 4 rings (SSSR count). The maximum atomic E-state index is 2.51. The number of anilines is 1. The van der Waals surface area contributed by atoms with Crippen molar-refractivity contribution in [3.63, 3.8) is 0 Å². The van der Waals surface area contributed by atoms with Crippen molar-refractivity contribution in [1.82, 2.24) is 4.48 Å². The number of hydrogen-bond acceptors (Lipinski definition) is 1. The third-order valence-electron chi connectivity index (χ3n) is 3.53. The van der Waals surface area contributed by atoms with Crippen molar-refractivity contribution in [2.45, 2.75) is 0 Å². The molecule has 1 saturated heterocycles. The summed E-state index contributed by atoms with van der Waals surface area (Å²) in [6.45, 7) is 5.01. The predicted octanol–water partition coefficient (Wildman–Crippen LogP) is 1.46. The van der Waals surface area contributed by atoms with E-state index in [4.69, 9.17) is 0 Å². The number of nitrogens with zero attached hydrogens (tertiary/aromatic N) is 2. The molecule has 3 aliphatic rings. The van der Waals surface area contributed by atoms with Crippen molar-refractivity contribution in [3.8, 4) is 0 Å². The number of likely N-dealkylation sites (N-methyl/N-ethyl adjacent to an activating group) is 1. The summed E-state index contributed by atoms with van der Waals surface area (Å²) in [6, 6.07) is 8.84. The first-order valence-electron chi connectivity index (χ1n) is 4.99. The second-order valence-corrected chi connectivity index (χ2v) is 4.32. The van der Waals surface area contributed by atoms with Gasteiger partial charge in [0.15, 0.2) is 5.69 Å². The molecular formula is C11H15N2+. The van der Waals surface area contributed by atoms with Crippen LogP contribution in [0.1, 0.15) is 0 Å². The van der Waals surface area contributed by atoms with E-state index < -0.39 is 0 Å². The minimum absolute atomic E-state index is 1.15. The lowest BCUT2D eigenvalue weighted by Crippen LogP contribution is -2.62. The molecule has 1 fully saturated rings.